The molecule has 4 aromatic rings. The van der Waals surface area contributed by atoms with Crippen molar-refractivity contribution in [2.75, 3.05) is 36.5 Å². The van der Waals surface area contributed by atoms with E-state index in [0.29, 0.717) is 5.76 Å². The molecule has 1 N–H and O–H groups in total. The monoisotopic (exact) mass is 428 g/mol. The molecule has 1 aliphatic rings. The first kappa shape index (κ1) is 20.2. The van der Waals surface area contributed by atoms with Crippen molar-refractivity contribution in [2.45, 2.75) is 6.61 Å². The van der Waals surface area contributed by atoms with Gasteiger partial charge in [-0.25, -0.2) is 0 Å². The van der Waals surface area contributed by atoms with Crippen LogP contribution >= 0.6 is 0 Å². The molecule has 162 valence electrons. The third kappa shape index (κ3) is 4.60. The number of fused-ring (bicyclic) bond motifs is 1. The summed E-state index contributed by atoms with van der Waals surface area (Å²) in [5.41, 5.74) is 1.84. The molecule has 0 aliphatic carbocycles. The van der Waals surface area contributed by atoms with E-state index in [1.165, 1.54) is 0 Å². The van der Waals surface area contributed by atoms with Gasteiger partial charge in [0.2, 0.25) is 0 Å². The lowest BCUT2D eigenvalue weighted by molar-refractivity contribution is 0.0992. The molecule has 0 atom stereocenters. The van der Waals surface area contributed by atoms with E-state index in [9.17, 15) is 4.79 Å². The van der Waals surface area contributed by atoms with E-state index in [-0.39, 0.29) is 18.3 Å². The third-order valence-electron chi connectivity index (χ3n) is 5.49. The van der Waals surface area contributed by atoms with Gasteiger partial charge in [-0.3, -0.25) is 4.79 Å². The van der Waals surface area contributed by atoms with Gasteiger partial charge in [0.05, 0.1) is 13.2 Å². The average molecular weight is 428 g/mol. The van der Waals surface area contributed by atoms with E-state index in [0.717, 1.165) is 54.2 Å². The zero-order valence-electron chi connectivity index (χ0n) is 17.6. The van der Waals surface area contributed by atoms with Gasteiger partial charge < -0.3 is 24.1 Å². The molecule has 2 heterocycles. The van der Waals surface area contributed by atoms with E-state index < -0.39 is 0 Å². The van der Waals surface area contributed by atoms with Gasteiger partial charge in [-0.2, -0.15) is 0 Å². The molecule has 6 nitrogen and oxygen atoms in total. The first-order valence-electron chi connectivity index (χ1n) is 10.7. The highest BCUT2D eigenvalue weighted by Gasteiger charge is 2.14. The number of nitrogens with one attached hydrogen (secondary N) is 1. The van der Waals surface area contributed by atoms with Crippen molar-refractivity contribution in [3.63, 3.8) is 0 Å². The van der Waals surface area contributed by atoms with Crippen LogP contribution in [0.15, 0.2) is 83.3 Å². The van der Waals surface area contributed by atoms with Crippen LogP contribution in [0.4, 0.5) is 11.4 Å². The average Bonchev–Trinajstić information content (AvgIpc) is 3.33. The van der Waals surface area contributed by atoms with Crippen molar-refractivity contribution in [1.29, 1.82) is 0 Å². The number of furan rings is 1. The number of nitrogens with zero attached hydrogens (tertiary/aromatic N) is 1. The first-order valence-corrected chi connectivity index (χ1v) is 10.7. The minimum atomic E-state index is -0.291. The molecule has 3 aromatic carbocycles. The number of carbonyl (C=O) groups excluding carboxylic acids is 1. The predicted molar refractivity (Wildman–Crippen MR) is 124 cm³/mol. The Labute approximate surface area is 186 Å². The molecular weight excluding hydrogens is 404 g/mol. The van der Waals surface area contributed by atoms with Gasteiger partial charge in [0.25, 0.3) is 5.91 Å². The summed E-state index contributed by atoms with van der Waals surface area (Å²) in [7, 11) is 0. The molecule has 0 spiro atoms. The Bertz CT molecular complexity index is 1210. The quantitative estimate of drug-likeness (QED) is 0.463. The molecule has 1 amide bonds. The first-order chi connectivity index (χ1) is 15.7. The Morgan fingerprint density at radius 2 is 1.69 bits per heavy atom. The van der Waals surface area contributed by atoms with Gasteiger partial charge in [0, 0.05) is 24.5 Å². The molecule has 6 heteroatoms. The zero-order valence-corrected chi connectivity index (χ0v) is 17.6. The maximum Gasteiger partial charge on any atom is 0.291 e. The molecule has 1 saturated heterocycles. The molecular formula is C26H24N2O4. The lowest BCUT2D eigenvalue weighted by Gasteiger charge is -2.28. The van der Waals surface area contributed by atoms with Gasteiger partial charge in [-0.15, -0.1) is 0 Å². The highest BCUT2D eigenvalue weighted by Crippen LogP contribution is 2.23. The summed E-state index contributed by atoms with van der Waals surface area (Å²) in [6.45, 7) is 3.48. The van der Waals surface area contributed by atoms with Crippen molar-refractivity contribution in [3.8, 4) is 5.75 Å². The van der Waals surface area contributed by atoms with Gasteiger partial charge >= 0.3 is 0 Å². The van der Waals surface area contributed by atoms with Crippen LogP contribution in [0.1, 0.15) is 16.3 Å². The molecule has 1 aliphatic heterocycles. The number of hydrogen-bond donors (Lipinski definition) is 1. The third-order valence-corrected chi connectivity index (χ3v) is 5.49. The molecule has 1 aromatic heterocycles. The fraction of sp³-hybridized carbons (Fsp3) is 0.192. The van der Waals surface area contributed by atoms with E-state index >= 15 is 0 Å². The number of morpholine rings is 1. The van der Waals surface area contributed by atoms with Crippen molar-refractivity contribution in [1.82, 2.24) is 0 Å². The normalized spacial score (nSPS) is 13.8. The van der Waals surface area contributed by atoms with Crippen LogP contribution in [0.2, 0.25) is 0 Å². The van der Waals surface area contributed by atoms with Gasteiger partial charge in [0.1, 0.15) is 18.1 Å². The number of rotatable bonds is 6. The highest BCUT2D eigenvalue weighted by molar-refractivity contribution is 6.02. The Balaban J connectivity index is 1.18. The van der Waals surface area contributed by atoms with Crippen LogP contribution in [0, 0.1) is 0 Å². The summed E-state index contributed by atoms with van der Waals surface area (Å²) in [5, 5.41) is 5.16. The lowest BCUT2D eigenvalue weighted by atomic mass is 10.1. The number of benzene rings is 3. The predicted octanol–water partition coefficient (Wildman–Crippen LogP) is 5.10. The van der Waals surface area contributed by atoms with Crippen molar-refractivity contribution in [2.24, 2.45) is 0 Å². The molecule has 0 unspecified atom stereocenters. The zero-order chi connectivity index (χ0) is 21.8. The van der Waals surface area contributed by atoms with Crippen molar-refractivity contribution in [3.05, 3.63) is 90.4 Å². The molecule has 0 bridgehead atoms. The smallest absolute Gasteiger partial charge is 0.291 e. The SMILES string of the molecule is O=C(Nc1ccc(N2CCOCC2)cc1)c1ccc(COc2ccc3ccccc3c2)o1. The minimum Gasteiger partial charge on any atom is -0.486 e. The molecule has 1 fully saturated rings. The topological polar surface area (TPSA) is 63.9 Å². The maximum atomic E-state index is 12.6. The molecule has 32 heavy (non-hydrogen) atoms. The molecule has 5 rings (SSSR count). The molecule has 0 saturated carbocycles. The van der Waals surface area contributed by atoms with Gasteiger partial charge in [-0.1, -0.05) is 30.3 Å². The van der Waals surface area contributed by atoms with Crippen LogP contribution in [0.3, 0.4) is 0 Å². The Hall–Kier alpha value is -3.77. The summed E-state index contributed by atoms with van der Waals surface area (Å²) in [5.74, 6) is 1.30. The fourth-order valence-corrected chi connectivity index (χ4v) is 3.76. The number of anilines is 2. The highest BCUT2D eigenvalue weighted by atomic mass is 16.5. The maximum absolute atomic E-state index is 12.6. The number of carbonyl (C=O) groups is 1. The van der Waals surface area contributed by atoms with Crippen LogP contribution < -0.4 is 15.0 Å². The van der Waals surface area contributed by atoms with Crippen LogP contribution in [-0.2, 0) is 11.3 Å². The lowest BCUT2D eigenvalue weighted by Crippen LogP contribution is -2.36. The van der Waals surface area contributed by atoms with Gasteiger partial charge in [0.15, 0.2) is 5.76 Å². The minimum absolute atomic E-state index is 0.249. The summed E-state index contributed by atoms with van der Waals surface area (Å²) in [6, 6.07) is 25.3. The summed E-state index contributed by atoms with van der Waals surface area (Å²) >= 11 is 0. The summed E-state index contributed by atoms with van der Waals surface area (Å²) in [6.07, 6.45) is 0. The number of amides is 1. The summed E-state index contributed by atoms with van der Waals surface area (Å²) < 4.78 is 16.9. The van der Waals surface area contributed by atoms with Gasteiger partial charge in [-0.05, 0) is 59.3 Å². The second kappa shape index (κ2) is 9.16. The van der Waals surface area contributed by atoms with E-state index in [4.69, 9.17) is 13.9 Å². The second-order valence-corrected chi connectivity index (χ2v) is 7.66. The van der Waals surface area contributed by atoms with E-state index in [2.05, 4.69) is 16.3 Å². The number of hydrogen-bond acceptors (Lipinski definition) is 5. The Morgan fingerprint density at radius 3 is 2.50 bits per heavy atom. The number of ether oxygens (including phenoxy) is 2. The van der Waals surface area contributed by atoms with E-state index in [1.807, 2.05) is 60.7 Å². The molecule has 0 radical (unpaired) electrons. The van der Waals surface area contributed by atoms with Crippen molar-refractivity contribution >= 4 is 28.1 Å². The van der Waals surface area contributed by atoms with Crippen molar-refractivity contribution < 1.29 is 18.7 Å². The largest absolute Gasteiger partial charge is 0.486 e. The Kier molecular flexibility index (Phi) is 5.77. The summed E-state index contributed by atoms with van der Waals surface area (Å²) in [4.78, 5) is 14.8. The Morgan fingerprint density at radius 1 is 0.906 bits per heavy atom. The van der Waals surface area contributed by atoms with E-state index in [1.54, 1.807) is 12.1 Å². The van der Waals surface area contributed by atoms with Crippen LogP contribution in [-0.4, -0.2) is 32.2 Å². The van der Waals surface area contributed by atoms with Crippen LogP contribution in [0.25, 0.3) is 10.8 Å². The standard InChI is InChI=1S/C26H24N2O4/c29-26(27-21-6-8-22(9-7-21)28-13-15-30-16-14-28)25-12-11-24(32-25)18-31-23-10-5-19-3-1-2-4-20(19)17-23/h1-12,17H,13-16,18H2,(H,27,29). The fourth-order valence-electron chi connectivity index (χ4n) is 3.76. The van der Waals surface area contributed by atoms with Crippen LogP contribution in [0.5, 0.6) is 5.75 Å². The second-order valence-electron chi connectivity index (χ2n) is 7.66.